The van der Waals surface area contributed by atoms with E-state index in [0.29, 0.717) is 17.3 Å². The monoisotopic (exact) mass is 366 g/mol. The highest BCUT2D eigenvalue weighted by Crippen LogP contribution is 2.47. The van der Waals surface area contributed by atoms with Gasteiger partial charge >= 0.3 is 11.9 Å². The number of carbonyl (C=O) groups is 2. The number of nitrogens with two attached hydrogens (primary N) is 1. The van der Waals surface area contributed by atoms with Crippen molar-refractivity contribution >= 4 is 35.5 Å². The summed E-state index contributed by atoms with van der Waals surface area (Å²) >= 11 is 1.38. The summed E-state index contributed by atoms with van der Waals surface area (Å²) in [5.74, 6) is -0.148. The number of esters is 2. The summed E-state index contributed by atoms with van der Waals surface area (Å²) in [6.45, 7) is 6.75. The molecular formula is C15H18N4O5S. The SMILES string of the molecule is C=C1Sc2cnc(N)nc2N1[C@@H]1O[C@H](COC(C)=O)C[C@H]1OC(C)=O. The molecule has 0 unspecified atom stereocenters. The highest BCUT2D eigenvalue weighted by atomic mass is 32.2. The second kappa shape index (κ2) is 6.89. The van der Waals surface area contributed by atoms with E-state index >= 15 is 0 Å². The molecule has 0 bridgehead atoms. The summed E-state index contributed by atoms with van der Waals surface area (Å²) < 4.78 is 16.4. The molecule has 134 valence electrons. The van der Waals surface area contributed by atoms with Gasteiger partial charge in [0.15, 0.2) is 12.0 Å². The van der Waals surface area contributed by atoms with Gasteiger partial charge in [0.05, 0.1) is 16.0 Å². The van der Waals surface area contributed by atoms with Gasteiger partial charge in [0.1, 0.15) is 12.7 Å². The quantitative estimate of drug-likeness (QED) is 0.775. The van der Waals surface area contributed by atoms with Crippen LogP contribution in [0.25, 0.3) is 0 Å². The van der Waals surface area contributed by atoms with Crippen LogP contribution in [0.1, 0.15) is 20.3 Å². The Bertz CT molecular complexity index is 728. The van der Waals surface area contributed by atoms with Crippen LogP contribution in [0.2, 0.25) is 0 Å². The maximum atomic E-state index is 11.5. The third kappa shape index (κ3) is 3.69. The molecule has 0 aromatic carbocycles. The van der Waals surface area contributed by atoms with E-state index in [0.717, 1.165) is 4.90 Å². The van der Waals surface area contributed by atoms with Crippen molar-refractivity contribution in [2.75, 3.05) is 17.2 Å². The maximum Gasteiger partial charge on any atom is 0.303 e. The van der Waals surface area contributed by atoms with Crippen LogP contribution in [0.15, 0.2) is 22.7 Å². The molecule has 1 fully saturated rings. The zero-order valence-electron chi connectivity index (χ0n) is 13.8. The summed E-state index contributed by atoms with van der Waals surface area (Å²) in [7, 11) is 0. The fourth-order valence-electron chi connectivity index (χ4n) is 2.76. The van der Waals surface area contributed by atoms with Gasteiger partial charge in [-0.3, -0.25) is 14.5 Å². The van der Waals surface area contributed by atoms with Crippen molar-refractivity contribution in [1.82, 2.24) is 9.97 Å². The summed E-state index contributed by atoms with van der Waals surface area (Å²) in [6.07, 6.45) is 0.401. The molecule has 1 aromatic rings. The van der Waals surface area contributed by atoms with E-state index in [1.165, 1.54) is 25.6 Å². The molecule has 0 radical (unpaired) electrons. The molecule has 0 amide bonds. The Morgan fingerprint density at radius 1 is 1.48 bits per heavy atom. The lowest BCUT2D eigenvalue weighted by Crippen LogP contribution is -2.41. The first kappa shape index (κ1) is 17.5. The van der Waals surface area contributed by atoms with E-state index in [4.69, 9.17) is 19.9 Å². The van der Waals surface area contributed by atoms with Crippen LogP contribution in [-0.4, -0.2) is 46.9 Å². The van der Waals surface area contributed by atoms with Gasteiger partial charge in [0, 0.05) is 26.5 Å². The third-order valence-electron chi connectivity index (χ3n) is 3.67. The zero-order valence-corrected chi connectivity index (χ0v) is 14.6. The van der Waals surface area contributed by atoms with Crippen molar-refractivity contribution in [3.63, 3.8) is 0 Å². The first-order valence-corrected chi connectivity index (χ1v) is 8.41. The molecule has 1 aromatic heterocycles. The Labute approximate surface area is 148 Å². The lowest BCUT2D eigenvalue weighted by atomic mass is 10.2. The van der Waals surface area contributed by atoms with Crippen LogP contribution in [-0.2, 0) is 23.8 Å². The highest BCUT2D eigenvalue weighted by molar-refractivity contribution is 8.03. The topological polar surface area (TPSA) is 117 Å². The lowest BCUT2D eigenvalue weighted by molar-refractivity contribution is -0.149. The lowest BCUT2D eigenvalue weighted by Gasteiger charge is -2.29. The predicted octanol–water partition coefficient (Wildman–Crippen LogP) is 1.05. The molecule has 2 aliphatic heterocycles. The fourth-order valence-corrected chi connectivity index (χ4v) is 3.64. The molecular weight excluding hydrogens is 348 g/mol. The largest absolute Gasteiger partial charge is 0.463 e. The number of aromatic nitrogens is 2. The van der Waals surface area contributed by atoms with Crippen LogP contribution in [0.4, 0.5) is 11.8 Å². The molecule has 2 aliphatic rings. The Morgan fingerprint density at radius 2 is 2.24 bits per heavy atom. The van der Waals surface area contributed by atoms with Crippen molar-refractivity contribution in [2.24, 2.45) is 0 Å². The molecule has 3 rings (SSSR count). The number of nitrogen functional groups attached to an aromatic ring is 1. The smallest absolute Gasteiger partial charge is 0.303 e. The van der Waals surface area contributed by atoms with Gasteiger partial charge in [-0.05, 0) is 0 Å². The number of nitrogens with zero attached hydrogens (tertiary/aromatic N) is 3. The number of thioether (sulfide) groups is 1. The summed E-state index contributed by atoms with van der Waals surface area (Å²) in [5.41, 5.74) is 5.69. The number of rotatable bonds is 4. The molecule has 3 atom stereocenters. The first-order chi connectivity index (χ1) is 11.8. The van der Waals surface area contributed by atoms with Crippen LogP contribution in [0.3, 0.4) is 0 Å². The van der Waals surface area contributed by atoms with E-state index in [1.807, 2.05) is 0 Å². The average molecular weight is 366 g/mol. The predicted molar refractivity (Wildman–Crippen MR) is 89.4 cm³/mol. The zero-order chi connectivity index (χ0) is 18.1. The Hall–Kier alpha value is -2.33. The fraction of sp³-hybridized carbons (Fsp3) is 0.467. The van der Waals surface area contributed by atoms with Crippen molar-refractivity contribution in [3.8, 4) is 0 Å². The van der Waals surface area contributed by atoms with Gasteiger partial charge in [0.25, 0.3) is 0 Å². The van der Waals surface area contributed by atoms with Crippen LogP contribution in [0, 0.1) is 0 Å². The van der Waals surface area contributed by atoms with Gasteiger partial charge in [0.2, 0.25) is 5.95 Å². The van der Waals surface area contributed by atoms with Gasteiger partial charge in [-0.1, -0.05) is 18.3 Å². The number of hydrogen-bond donors (Lipinski definition) is 1. The second-order valence-corrected chi connectivity index (χ2v) is 6.73. The van der Waals surface area contributed by atoms with E-state index in [-0.39, 0.29) is 12.6 Å². The molecule has 10 heteroatoms. The van der Waals surface area contributed by atoms with Gasteiger partial charge in [-0.25, -0.2) is 4.98 Å². The van der Waals surface area contributed by atoms with Gasteiger partial charge in [-0.2, -0.15) is 4.98 Å². The number of carbonyl (C=O) groups excluding carboxylic acids is 2. The standard InChI is InChI=1S/C15H18N4O5S/c1-7-19(13-12(25-7)5-17-15(16)18-13)14-11(23-9(3)21)4-10(24-14)6-22-8(2)20/h5,10-11,14H,1,4,6H2,2-3H3,(H2,16,17,18)/t10-,11+,14+/m0/s1. The summed E-state index contributed by atoms with van der Waals surface area (Å²) in [4.78, 5) is 33.2. The molecule has 0 saturated carbocycles. The molecule has 0 aliphatic carbocycles. The first-order valence-electron chi connectivity index (χ1n) is 7.59. The highest BCUT2D eigenvalue weighted by Gasteiger charge is 2.45. The molecule has 2 N–H and O–H groups in total. The van der Waals surface area contributed by atoms with Crippen molar-refractivity contribution in [1.29, 1.82) is 0 Å². The van der Waals surface area contributed by atoms with E-state index in [9.17, 15) is 9.59 Å². The van der Waals surface area contributed by atoms with Crippen molar-refractivity contribution in [2.45, 2.75) is 43.6 Å². The van der Waals surface area contributed by atoms with Crippen LogP contribution in [0.5, 0.6) is 0 Å². The van der Waals surface area contributed by atoms with Gasteiger partial charge in [-0.15, -0.1) is 0 Å². The molecule has 0 spiro atoms. The van der Waals surface area contributed by atoms with E-state index in [1.54, 1.807) is 11.1 Å². The minimum atomic E-state index is -0.639. The van der Waals surface area contributed by atoms with E-state index in [2.05, 4.69) is 16.5 Å². The molecule has 3 heterocycles. The van der Waals surface area contributed by atoms with Gasteiger partial charge < -0.3 is 19.9 Å². The maximum absolute atomic E-state index is 11.5. The summed E-state index contributed by atoms with van der Waals surface area (Å²) in [6, 6.07) is 0. The van der Waals surface area contributed by atoms with Crippen LogP contribution >= 0.6 is 11.8 Å². The second-order valence-electron chi connectivity index (χ2n) is 5.62. The van der Waals surface area contributed by atoms with Crippen molar-refractivity contribution in [3.05, 3.63) is 17.8 Å². The number of anilines is 2. The Kier molecular flexibility index (Phi) is 4.82. The number of ether oxygens (including phenoxy) is 3. The Morgan fingerprint density at radius 3 is 2.92 bits per heavy atom. The normalized spacial score (nSPS) is 25.0. The average Bonchev–Trinajstić information content (AvgIpc) is 3.04. The number of hydrogen-bond acceptors (Lipinski definition) is 10. The number of fused-ring (bicyclic) bond motifs is 1. The summed E-state index contributed by atoms with van der Waals surface area (Å²) in [5, 5.41) is 0.658. The molecule has 1 saturated heterocycles. The molecule has 9 nitrogen and oxygen atoms in total. The minimum Gasteiger partial charge on any atom is -0.463 e. The minimum absolute atomic E-state index is 0.0792. The van der Waals surface area contributed by atoms with E-state index < -0.39 is 30.4 Å². The Balaban J connectivity index is 1.85. The molecule has 25 heavy (non-hydrogen) atoms. The van der Waals surface area contributed by atoms with Crippen molar-refractivity contribution < 1.29 is 23.8 Å². The third-order valence-corrected chi connectivity index (χ3v) is 4.61. The van der Waals surface area contributed by atoms with Crippen LogP contribution < -0.4 is 10.6 Å².